The van der Waals surface area contributed by atoms with E-state index in [1.165, 1.54) is 25.7 Å². The van der Waals surface area contributed by atoms with Crippen molar-refractivity contribution in [3.8, 4) is 0 Å². The van der Waals surface area contributed by atoms with E-state index in [-0.39, 0.29) is 0 Å². The summed E-state index contributed by atoms with van der Waals surface area (Å²) in [6.45, 7) is 3.20. The Morgan fingerprint density at radius 3 is 2.72 bits per heavy atom. The summed E-state index contributed by atoms with van der Waals surface area (Å²) in [4.78, 5) is 20.0. The van der Waals surface area contributed by atoms with Crippen molar-refractivity contribution >= 4 is 22.3 Å². The van der Waals surface area contributed by atoms with Gasteiger partial charge in [-0.3, -0.25) is 4.79 Å². The van der Waals surface area contributed by atoms with E-state index in [0.29, 0.717) is 18.2 Å². The monoisotopic (exact) mass is 264 g/mol. The second kappa shape index (κ2) is 5.00. The van der Waals surface area contributed by atoms with Crippen molar-refractivity contribution in [1.29, 1.82) is 0 Å². The van der Waals surface area contributed by atoms with Crippen LogP contribution in [-0.2, 0) is 6.42 Å². The average molecular weight is 264 g/mol. The number of ketones is 1. The molecule has 1 fully saturated rings. The van der Waals surface area contributed by atoms with E-state index in [1.54, 1.807) is 11.3 Å². The molecule has 0 atom stereocenters. The molecule has 0 amide bonds. The zero-order valence-electron chi connectivity index (χ0n) is 10.9. The fraction of sp³-hybridized carbons (Fsp3) is 0.714. The Morgan fingerprint density at radius 1 is 1.28 bits per heavy atom. The van der Waals surface area contributed by atoms with Gasteiger partial charge < -0.3 is 4.90 Å². The number of thiazole rings is 1. The summed E-state index contributed by atoms with van der Waals surface area (Å²) in [6, 6.07) is 0.651. The van der Waals surface area contributed by atoms with Gasteiger partial charge in [0.2, 0.25) is 0 Å². The molecule has 1 aromatic heterocycles. The van der Waals surface area contributed by atoms with Crippen LogP contribution in [0.5, 0.6) is 0 Å². The number of nitrogens with zero attached hydrogens (tertiary/aromatic N) is 2. The molecule has 1 saturated carbocycles. The normalized spacial score (nSPS) is 20.2. The van der Waals surface area contributed by atoms with Gasteiger partial charge in [0, 0.05) is 19.0 Å². The number of Topliss-reactive ketones (excluding diaryl/α,β-unsaturated/α-hetero) is 1. The molecule has 18 heavy (non-hydrogen) atoms. The molecular formula is C14H20N2OS. The minimum Gasteiger partial charge on any atom is -0.345 e. The molecule has 2 aliphatic carbocycles. The second-order valence-corrected chi connectivity index (χ2v) is 6.25. The quantitative estimate of drug-likeness (QED) is 0.838. The highest BCUT2D eigenvalue weighted by atomic mass is 32.1. The first-order valence-electron chi connectivity index (χ1n) is 7.09. The summed E-state index contributed by atoms with van der Waals surface area (Å²) in [5.74, 6) is 0.308. The predicted octanol–water partition coefficient (Wildman–Crippen LogP) is 3.43. The van der Waals surface area contributed by atoms with Crippen molar-refractivity contribution in [2.24, 2.45) is 0 Å². The van der Waals surface area contributed by atoms with Crippen molar-refractivity contribution in [3.05, 3.63) is 10.6 Å². The third-order valence-corrected chi connectivity index (χ3v) is 5.28. The number of fused-ring (bicyclic) bond motifs is 1. The first-order chi connectivity index (χ1) is 8.79. The molecular weight excluding hydrogens is 244 g/mol. The molecule has 0 aromatic carbocycles. The Morgan fingerprint density at radius 2 is 2.06 bits per heavy atom. The van der Waals surface area contributed by atoms with E-state index in [2.05, 4.69) is 11.8 Å². The van der Waals surface area contributed by atoms with E-state index in [4.69, 9.17) is 4.98 Å². The summed E-state index contributed by atoms with van der Waals surface area (Å²) in [7, 11) is 0. The maximum atomic E-state index is 11.9. The molecule has 0 radical (unpaired) electrons. The highest BCUT2D eigenvalue weighted by molar-refractivity contribution is 7.17. The van der Waals surface area contributed by atoms with Crippen molar-refractivity contribution in [1.82, 2.24) is 4.98 Å². The topological polar surface area (TPSA) is 33.2 Å². The fourth-order valence-electron chi connectivity index (χ4n) is 3.14. The Bertz CT molecular complexity index is 449. The van der Waals surface area contributed by atoms with Crippen molar-refractivity contribution in [3.63, 3.8) is 0 Å². The maximum absolute atomic E-state index is 11.9. The molecule has 3 nitrogen and oxygen atoms in total. The molecule has 1 heterocycles. The van der Waals surface area contributed by atoms with E-state index >= 15 is 0 Å². The highest BCUT2D eigenvalue weighted by Crippen LogP contribution is 2.35. The van der Waals surface area contributed by atoms with Crippen LogP contribution >= 0.6 is 11.3 Å². The number of rotatable bonds is 3. The van der Waals surface area contributed by atoms with E-state index in [9.17, 15) is 4.79 Å². The predicted molar refractivity (Wildman–Crippen MR) is 74.7 cm³/mol. The molecule has 2 aliphatic rings. The van der Waals surface area contributed by atoms with Crippen LogP contribution in [0.2, 0.25) is 0 Å². The minimum absolute atomic E-state index is 0.308. The molecule has 0 aliphatic heterocycles. The number of anilines is 1. The van der Waals surface area contributed by atoms with Crippen LogP contribution in [0, 0.1) is 0 Å². The zero-order chi connectivity index (χ0) is 12.5. The molecule has 98 valence electrons. The van der Waals surface area contributed by atoms with E-state index in [1.807, 2.05) is 0 Å². The Kier molecular flexibility index (Phi) is 3.37. The van der Waals surface area contributed by atoms with Gasteiger partial charge in [0.25, 0.3) is 0 Å². The molecule has 3 rings (SSSR count). The summed E-state index contributed by atoms with van der Waals surface area (Å²) < 4.78 is 0. The largest absolute Gasteiger partial charge is 0.345 e. The highest BCUT2D eigenvalue weighted by Gasteiger charge is 2.28. The standard InChI is InChI=1S/C14H20N2OS/c1-2-16(10-6-3-4-7-10)14-15-11-8-5-9-12(17)13(11)18-14/h10H,2-9H2,1H3. The number of hydrogen-bond acceptors (Lipinski definition) is 4. The molecule has 0 N–H and O–H groups in total. The van der Waals surface area contributed by atoms with Gasteiger partial charge in [-0.2, -0.15) is 0 Å². The van der Waals surface area contributed by atoms with Crippen LogP contribution in [-0.4, -0.2) is 23.4 Å². The summed E-state index contributed by atoms with van der Waals surface area (Å²) in [6.07, 6.45) is 7.92. The van der Waals surface area contributed by atoms with Gasteiger partial charge in [-0.1, -0.05) is 24.2 Å². The van der Waals surface area contributed by atoms with Gasteiger partial charge in [0.1, 0.15) is 0 Å². The van der Waals surface area contributed by atoms with Gasteiger partial charge in [-0.05, 0) is 32.6 Å². The minimum atomic E-state index is 0.308. The lowest BCUT2D eigenvalue weighted by atomic mass is 10.0. The summed E-state index contributed by atoms with van der Waals surface area (Å²) in [5, 5.41) is 1.09. The first kappa shape index (κ1) is 12.2. The SMILES string of the molecule is CCN(c1nc2c(s1)C(=O)CCC2)C1CCCC1. The molecule has 4 heteroatoms. The number of aromatic nitrogens is 1. The lowest BCUT2D eigenvalue weighted by Gasteiger charge is -2.26. The van der Waals surface area contributed by atoms with Crippen LogP contribution in [0.4, 0.5) is 5.13 Å². The Hall–Kier alpha value is -0.900. The molecule has 0 bridgehead atoms. The Labute approximate surface area is 112 Å². The number of hydrogen-bond donors (Lipinski definition) is 0. The number of carbonyl (C=O) groups is 1. The summed E-state index contributed by atoms with van der Waals surface area (Å²) in [5.41, 5.74) is 1.06. The maximum Gasteiger partial charge on any atom is 0.186 e. The van der Waals surface area contributed by atoms with E-state index in [0.717, 1.165) is 35.1 Å². The van der Waals surface area contributed by atoms with Crippen LogP contribution in [0.15, 0.2) is 0 Å². The third-order valence-electron chi connectivity index (χ3n) is 4.11. The van der Waals surface area contributed by atoms with Gasteiger partial charge in [0.15, 0.2) is 10.9 Å². The number of carbonyl (C=O) groups excluding carboxylic acids is 1. The van der Waals surface area contributed by atoms with Crippen LogP contribution in [0.1, 0.15) is 60.8 Å². The van der Waals surface area contributed by atoms with Gasteiger partial charge in [0.05, 0.1) is 10.6 Å². The van der Waals surface area contributed by atoms with Gasteiger partial charge in [-0.25, -0.2) is 4.98 Å². The van der Waals surface area contributed by atoms with Crippen LogP contribution < -0.4 is 4.90 Å². The smallest absolute Gasteiger partial charge is 0.186 e. The lowest BCUT2D eigenvalue weighted by molar-refractivity contribution is 0.0976. The molecule has 0 unspecified atom stereocenters. The first-order valence-corrected chi connectivity index (χ1v) is 7.90. The molecule has 1 aromatic rings. The van der Waals surface area contributed by atoms with Gasteiger partial charge >= 0.3 is 0 Å². The van der Waals surface area contributed by atoms with E-state index < -0.39 is 0 Å². The summed E-state index contributed by atoms with van der Waals surface area (Å²) >= 11 is 1.63. The zero-order valence-corrected chi connectivity index (χ0v) is 11.8. The van der Waals surface area contributed by atoms with Crippen LogP contribution in [0.3, 0.4) is 0 Å². The van der Waals surface area contributed by atoms with Crippen molar-refractivity contribution in [2.75, 3.05) is 11.4 Å². The van der Waals surface area contributed by atoms with Crippen LogP contribution in [0.25, 0.3) is 0 Å². The number of aryl methyl sites for hydroxylation is 1. The average Bonchev–Trinajstić information content (AvgIpc) is 3.00. The Balaban J connectivity index is 1.88. The lowest BCUT2D eigenvalue weighted by Crippen LogP contribution is -2.32. The molecule has 0 spiro atoms. The van der Waals surface area contributed by atoms with Crippen molar-refractivity contribution in [2.45, 2.75) is 57.9 Å². The van der Waals surface area contributed by atoms with Gasteiger partial charge in [-0.15, -0.1) is 0 Å². The molecule has 0 saturated heterocycles. The van der Waals surface area contributed by atoms with Crippen molar-refractivity contribution < 1.29 is 4.79 Å². The fourth-order valence-corrected chi connectivity index (χ4v) is 4.36. The second-order valence-electron chi connectivity index (χ2n) is 5.27. The third kappa shape index (κ3) is 2.07.